The van der Waals surface area contributed by atoms with Gasteiger partial charge in [0.2, 0.25) is 0 Å². The molecule has 0 saturated heterocycles. The van der Waals surface area contributed by atoms with Crippen molar-refractivity contribution in [3.63, 3.8) is 0 Å². The predicted octanol–water partition coefficient (Wildman–Crippen LogP) is -0.915. The summed E-state index contributed by atoms with van der Waals surface area (Å²) < 4.78 is 0. The van der Waals surface area contributed by atoms with E-state index in [0.717, 1.165) is 0 Å². The fourth-order valence-corrected chi connectivity index (χ4v) is 0. The molecule has 0 aromatic rings. The topological polar surface area (TPSA) is 64.1 Å². The van der Waals surface area contributed by atoms with Crippen molar-refractivity contribution < 1.29 is 0 Å². The van der Waals surface area contributed by atoms with Gasteiger partial charge >= 0.3 is 0 Å². The van der Waals surface area contributed by atoms with Crippen LogP contribution in [-0.4, -0.2) is 20.3 Å². The fourth-order valence-electron chi connectivity index (χ4n) is 0. The van der Waals surface area contributed by atoms with Crippen LogP contribution in [0.3, 0.4) is 0 Å². The molecule has 0 aromatic carbocycles. The van der Waals surface area contributed by atoms with E-state index >= 15 is 0 Å². The van der Waals surface area contributed by atoms with Crippen LogP contribution >= 0.6 is 0 Å². The first-order valence-corrected chi connectivity index (χ1v) is 2.24. The third-order valence-corrected chi connectivity index (χ3v) is 0. The molecule has 0 spiro atoms. The Hall–Kier alpha value is -0.120. The molecule has 3 heteroatoms. The highest BCUT2D eigenvalue weighted by Crippen LogP contribution is 1.41. The van der Waals surface area contributed by atoms with E-state index in [0.29, 0.717) is 0 Å². The van der Waals surface area contributed by atoms with E-state index in [1.165, 1.54) is 0 Å². The molecular formula is C4H15N3. The lowest BCUT2D eigenvalue weighted by Crippen LogP contribution is -2.25. The summed E-state index contributed by atoms with van der Waals surface area (Å²) in [5.41, 5.74) is 9.78. The minimum Gasteiger partial charge on any atom is -0.323 e. The summed E-state index contributed by atoms with van der Waals surface area (Å²) in [5.74, 6) is 0. The lowest BCUT2D eigenvalue weighted by Gasteiger charge is -1.83. The molecule has 0 unspecified atom stereocenters. The van der Waals surface area contributed by atoms with Crippen LogP contribution in [0.5, 0.6) is 0 Å². The largest absolute Gasteiger partial charge is 0.323 e. The third kappa shape index (κ3) is 6150. The number of nitrogens with one attached hydrogen (secondary N) is 1. The van der Waals surface area contributed by atoms with Crippen molar-refractivity contribution >= 4 is 0 Å². The van der Waals surface area contributed by atoms with Crippen molar-refractivity contribution in [3.8, 4) is 0 Å². The molecule has 0 radical (unpaired) electrons. The van der Waals surface area contributed by atoms with Gasteiger partial charge in [0.05, 0.1) is 0 Å². The van der Waals surface area contributed by atoms with E-state index in [2.05, 4.69) is 5.32 Å². The SMILES string of the molecule is CC(N)N.CNC. The summed E-state index contributed by atoms with van der Waals surface area (Å²) >= 11 is 0. The standard InChI is InChI=1S/C2H8N2.C2H7N/c1-2(3)4;1-3-2/h2H,3-4H2,1H3;3H,1-2H3. The van der Waals surface area contributed by atoms with E-state index in [9.17, 15) is 0 Å². The second-order valence-corrected chi connectivity index (χ2v) is 1.36. The Kier molecular flexibility index (Phi) is 13.3. The van der Waals surface area contributed by atoms with Crippen LogP contribution in [0.15, 0.2) is 0 Å². The van der Waals surface area contributed by atoms with Crippen LogP contribution in [-0.2, 0) is 0 Å². The Morgan fingerprint density at radius 3 is 1.29 bits per heavy atom. The third-order valence-electron chi connectivity index (χ3n) is 0. The minimum absolute atomic E-state index is 0.167. The van der Waals surface area contributed by atoms with Crippen LogP contribution in [0, 0.1) is 0 Å². The van der Waals surface area contributed by atoms with E-state index in [1.54, 1.807) is 6.92 Å². The molecule has 0 fully saturated rings. The summed E-state index contributed by atoms with van der Waals surface area (Å²) in [4.78, 5) is 0. The highest BCUT2D eigenvalue weighted by atomic mass is 14.8. The van der Waals surface area contributed by atoms with E-state index in [-0.39, 0.29) is 6.17 Å². The van der Waals surface area contributed by atoms with Gasteiger partial charge in [0.15, 0.2) is 0 Å². The summed E-state index contributed by atoms with van der Waals surface area (Å²) in [6.07, 6.45) is -0.167. The Balaban J connectivity index is 0. The van der Waals surface area contributed by atoms with Gasteiger partial charge in [-0.1, -0.05) is 0 Å². The van der Waals surface area contributed by atoms with E-state index in [4.69, 9.17) is 11.5 Å². The smallest absolute Gasteiger partial charge is 0.0491 e. The molecule has 0 aliphatic rings. The molecule has 46 valence electrons. The van der Waals surface area contributed by atoms with Gasteiger partial charge in [-0.2, -0.15) is 0 Å². The van der Waals surface area contributed by atoms with Gasteiger partial charge < -0.3 is 16.8 Å². The zero-order valence-corrected chi connectivity index (χ0v) is 5.23. The summed E-state index contributed by atoms with van der Waals surface area (Å²) in [7, 11) is 3.75. The van der Waals surface area contributed by atoms with Gasteiger partial charge in [-0.3, -0.25) is 0 Å². The molecular weight excluding hydrogens is 90.1 g/mol. The molecule has 3 nitrogen and oxygen atoms in total. The number of nitrogens with two attached hydrogens (primary N) is 2. The highest BCUT2D eigenvalue weighted by molar-refractivity contribution is 4.28. The molecule has 0 atom stereocenters. The Bertz CT molecular complexity index is 18.1. The maximum absolute atomic E-state index is 4.89. The summed E-state index contributed by atoms with van der Waals surface area (Å²) in [6.45, 7) is 1.72. The van der Waals surface area contributed by atoms with Crippen LogP contribution < -0.4 is 16.8 Å². The van der Waals surface area contributed by atoms with Crippen molar-refractivity contribution in [1.29, 1.82) is 0 Å². The number of rotatable bonds is 0. The maximum Gasteiger partial charge on any atom is 0.0491 e. The molecule has 0 aromatic heterocycles. The molecule has 0 bridgehead atoms. The molecule has 0 saturated carbocycles. The van der Waals surface area contributed by atoms with Crippen molar-refractivity contribution in [3.05, 3.63) is 0 Å². The zero-order valence-electron chi connectivity index (χ0n) is 5.23. The first-order chi connectivity index (χ1) is 3.15. The zero-order chi connectivity index (χ0) is 6.28. The first-order valence-electron chi connectivity index (χ1n) is 2.24. The molecule has 7 heavy (non-hydrogen) atoms. The minimum atomic E-state index is -0.167. The van der Waals surface area contributed by atoms with Crippen LogP contribution in [0.25, 0.3) is 0 Å². The molecule has 0 rings (SSSR count). The van der Waals surface area contributed by atoms with Crippen LogP contribution in [0.2, 0.25) is 0 Å². The van der Waals surface area contributed by atoms with Crippen molar-refractivity contribution in [1.82, 2.24) is 5.32 Å². The van der Waals surface area contributed by atoms with E-state index in [1.807, 2.05) is 14.1 Å². The van der Waals surface area contributed by atoms with Gasteiger partial charge in [-0.15, -0.1) is 0 Å². The summed E-state index contributed by atoms with van der Waals surface area (Å²) in [6, 6.07) is 0. The fraction of sp³-hybridized carbons (Fsp3) is 1.00. The first kappa shape index (κ1) is 9.99. The Labute approximate surface area is 45.1 Å². The average Bonchev–Trinajstić information content (AvgIpc) is 1.33. The van der Waals surface area contributed by atoms with Crippen molar-refractivity contribution in [2.75, 3.05) is 14.1 Å². The number of hydrogen-bond acceptors (Lipinski definition) is 3. The second-order valence-electron chi connectivity index (χ2n) is 1.36. The molecule has 0 aliphatic heterocycles. The van der Waals surface area contributed by atoms with Crippen LogP contribution in [0.1, 0.15) is 6.92 Å². The van der Waals surface area contributed by atoms with E-state index < -0.39 is 0 Å². The number of hydrogen-bond donors (Lipinski definition) is 3. The van der Waals surface area contributed by atoms with Gasteiger partial charge in [-0.05, 0) is 21.0 Å². The van der Waals surface area contributed by atoms with Gasteiger partial charge in [-0.25, -0.2) is 0 Å². The maximum atomic E-state index is 4.89. The Morgan fingerprint density at radius 2 is 1.29 bits per heavy atom. The monoisotopic (exact) mass is 105 g/mol. The van der Waals surface area contributed by atoms with Gasteiger partial charge in [0.1, 0.15) is 0 Å². The van der Waals surface area contributed by atoms with Crippen LogP contribution in [0.4, 0.5) is 0 Å². The lowest BCUT2D eigenvalue weighted by atomic mass is 10.7. The lowest BCUT2D eigenvalue weighted by molar-refractivity contribution is 0.790. The average molecular weight is 105 g/mol. The normalized spacial score (nSPS) is 7.71. The quantitative estimate of drug-likeness (QED) is 0.349. The van der Waals surface area contributed by atoms with Crippen molar-refractivity contribution in [2.45, 2.75) is 13.1 Å². The molecule has 5 N–H and O–H groups in total. The molecule has 0 heterocycles. The molecule has 0 aliphatic carbocycles. The Morgan fingerprint density at radius 1 is 1.29 bits per heavy atom. The predicted molar refractivity (Wildman–Crippen MR) is 32.8 cm³/mol. The second kappa shape index (κ2) is 9.30. The van der Waals surface area contributed by atoms with Crippen molar-refractivity contribution in [2.24, 2.45) is 11.5 Å². The molecule has 0 amide bonds. The highest BCUT2D eigenvalue weighted by Gasteiger charge is 1.66. The van der Waals surface area contributed by atoms with Gasteiger partial charge in [0, 0.05) is 6.17 Å². The van der Waals surface area contributed by atoms with Gasteiger partial charge in [0.25, 0.3) is 0 Å². The summed E-state index contributed by atoms with van der Waals surface area (Å²) in [5, 5.41) is 2.75.